The zero-order chi connectivity index (χ0) is 20.1. The van der Waals surface area contributed by atoms with Crippen LogP contribution in [0.4, 0.5) is 8.78 Å². The highest BCUT2D eigenvalue weighted by Crippen LogP contribution is 2.40. The average Bonchev–Trinajstić information content (AvgIpc) is 2.71. The molecule has 0 saturated carbocycles. The summed E-state index contributed by atoms with van der Waals surface area (Å²) in [6.07, 6.45) is 21.2. The molecule has 1 aromatic carbocycles. The van der Waals surface area contributed by atoms with Gasteiger partial charge in [-0.25, -0.2) is 0 Å². The summed E-state index contributed by atoms with van der Waals surface area (Å²) in [5.41, 5.74) is 1.21. The maximum absolute atomic E-state index is 12.5. The Morgan fingerprint density at radius 3 is 2.07 bits per heavy atom. The van der Waals surface area contributed by atoms with Gasteiger partial charge >= 0.3 is 0 Å². The van der Waals surface area contributed by atoms with Crippen molar-refractivity contribution in [3.8, 4) is 0 Å². The second-order valence-corrected chi connectivity index (χ2v) is 8.15. The zero-order valence-electron chi connectivity index (χ0n) is 17.4. The summed E-state index contributed by atoms with van der Waals surface area (Å²) in [6, 6.07) is 10.4. The van der Waals surface area contributed by atoms with E-state index in [1.54, 1.807) is 0 Å². The Bertz CT molecular complexity index is 609. The molecule has 0 heterocycles. The van der Waals surface area contributed by atoms with Gasteiger partial charge in [-0.05, 0) is 30.9 Å². The predicted octanol–water partition coefficient (Wildman–Crippen LogP) is 8.97. The second-order valence-electron chi connectivity index (χ2n) is 8.15. The third-order valence-electron chi connectivity index (χ3n) is 5.86. The van der Waals surface area contributed by atoms with E-state index in [9.17, 15) is 8.78 Å². The van der Waals surface area contributed by atoms with Gasteiger partial charge in [-0.15, -0.1) is 0 Å². The van der Waals surface area contributed by atoms with Gasteiger partial charge in [0.25, 0.3) is 6.08 Å². The normalized spacial score (nSPS) is 21.0. The number of unbranched alkanes of at least 4 members (excludes halogenated alkanes) is 7. The van der Waals surface area contributed by atoms with Crippen LogP contribution in [0.1, 0.15) is 89.0 Å². The van der Waals surface area contributed by atoms with Crippen LogP contribution in [0.2, 0.25) is 0 Å². The second kappa shape index (κ2) is 12.7. The largest absolute Gasteiger partial charge is 0.266 e. The van der Waals surface area contributed by atoms with Gasteiger partial charge in [-0.1, -0.05) is 113 Å². The zero-order valence-corrected chi connectivity index (χ0v) is 17.4. The Kier molecular flexibility index (Phi) is 10.2. The number of benzene rings is 1. The molecule has 2 rings (SSSR count). The number of halogens is 2. The van der Waals surface area contributed by atoms with Crippen LogP contribution in [-0.2, 0) is 0 Å². The lowest BCUT2D eigenvalue weighted by Gasteiger charge is -2.31. The lowest BCUT2D eigenvalue weighted by Crippen LogP contribution is -2.18. The van der Waals surface area contributed by atoms with E-state index in [-0.39, 0.29) is 5.41 Å². The molecule has 2 heteroatoms. The van der Waals surface area contributed by atoms with Crippen molar-refractivity contribution in [3.63, 3.8) is 0 Å². The summed E-state index contributed by atoms with van der Waals surface area (Å²) in [4.78, 5) is 0. The first kappa shape index (κ1) is 22.6. The van der Waals surface area contributed by atoms with E-state index in [2.05, 4.69) is 55.5 Å². The van der Waals surface area contributed by atoms with Crippen LogP contribution in [0, 0.1) is 5.41 Å². The summed E-state index contributed by atoms with van der Waals surface area (Å²) >= 11 is 0. The van der Waals surface area contributed by atoms with Gasteiger partial charge < -0.3 is 0 Å². The summed E-state index contributed by atoms with van der Waals surface area (Å²) in [7, 11) is 0. The minimum Gasteiger partial charge on any atom is -0.174 e. The van der Waals surface area contributed by atoms with E-state index in [4.69, 9.17) is 0 Å². The highest BCUT2D eigenvalue weighted by Gasteiger charge is 2.26. The molecule has 0 fully saturated rings. The van der Waals surface area contributed by atoms with Crippen LogP contribution < -0.4 is 0 Å². The van der Waals surface area contributed by atoms with Crippen LogP contribution in [0.15, 0.2) is 66.8 Å². The fraction of sp³-hybridized carbons (Fsp3) is 0.538. The van der Waals surface area contributed by atoms with Crippen molar-refractivity contribution < 1.29 is 8.78 Å². The van der Waals surface area contributed by atoms with E-state index in [1.165, 1.54) is 56.9 Å². The van der Waals surface area contributed by atoms with Crippen molar-refractivity contribution in [1.29, 1.82) is 0 Å². The number of allylic oxidation sites excluding steroid dienone is 5. The molecule has 0 saturated heterocycles. The Labute approximate surface area is 170 Å². The third kappa shape index (κ3) is 8.12. The van der Waals surface area contributed by atoms with Gasteiger partial charge in [0.1, 0.15) is 0 Å². The van der Waals surface area contributed by atoms with E-state index in [0.717, 1.165) is 18.9 Å². The van der Waals surface area contributed by atoms with Crippen molar-refractivity contribution in [2.24, 2.45) is 5.41 Å². The Hall–Kier alpha value is -1.70. The van der Waals surface area contributed by atoms with Crippen LogP contribution >= 0.6 is 0 Å². The molecule has 0 N–H and O–H groups in total. The molecule has 0 atom stereocenters. The lowest BCUT2D eigenvalue weighted by molar-refractivity contribution is 0.377. The fourth-order valence-corrected chi connectivity index (χ4v) is 4.10. The van der Waals surface area contributed by atoms with Crippen LogP contribution in [0.25, 0.3) is 0 Å². The van der Waals surface area contributed by atoms with Crippen LogP contribution in [-0.4, -0.2) is 0 Å². The number of hydrogen-bond acceptors (Lipinski definition) is 0. The highest BCUT2D eigenvalue weighted by atomic mass is 19.3. The van der Waals surface area contributed by atoms with Crippen LogP contribution in [0.5, 0.6) is 0 Å². The van der Waals surface area contributed by atoms with Crippen molar-refractivity contribution >= 4 is 0 Å². The molecule has 0 aromatic heterocycles. The molecule has 0 aliphatic heterocycles. The number of hydrogen-bond donors (Lipinski definition) is 0. The van der Waals surface area contributed by atoms with Gasteiger partial charge in [0.05, 0.1) is 0 Å². The van der Waals surface area contributed by atoms with E-state index in [1.807, 2.05) is 6.07 Å². The first-order chi connectivity index (χ1) is 13.7. The molecule has 0 unspecified atom stereocenters. The molecular formula is C26H36F2. The van der Waals surface area contributed by atoms with Crippen molar-refractivity contribution in [2.75, 3.05) is 0 Å². The fourth-order valence-electron chi connectivity index (χ4n) is 4.10. The molecule has 1 aliphatic carbocycles. The monoisotopic (exact) mass is 386 g/mol. The van der Waals surface area contributed by atoms with E-state index >= 15 is 0 Å². The predicted molar refractivity (Wildman–Crippen MR) is 117 cm³/mol. The van der Waals surface area contributed by atoms with Gasteiger partial charge in [0.15, 0.2) is 0 Å². The van der Waals surface area contributed by atoms with Crippen LogP contribution in [0.3, 0.4) is 0 Å². The first-order valence-electron chi connectivity index (χ1n) is 11.1. The topological polar surface area (TPSA) is 0 Å². The molecule has 28 heavy (non-hydrogen) atoms. The highest BCUT2D eigenvalue weighted by molar-refractivity contribution is 5.34. The Morgan fingerprint density at radius 1 is 0.857 bits per heavy atom. The summed E-state index contributed by atoms with van der Waals surface area (Å²) in [5.74, 6) is 0.293. The van der Waals surface area contributed by atoms with Crippen molar-refractivity contribution in [1.82, 2.24) is 0 Å². The quantitative estimate of drug-likeness (QED) is 0.234. The molecular weight excluding hydrogens is 350 g/mol. The van der Waals surface area contributed by atoms with Crippen molar-refractivity contribution in [2.45, 2.75) is 83.5 Å². The smallest absolute Gasteiger partial charge is 0.174 e. The van der Waals surface area contributed by atoms with Gasteiger partial charge in [0.2, 0.25) is 0 Å². The molecule has 0 nitrogen and oxygen atoms in total. The molecule has 1 aromatic rings. The van der Waals surface area contributed by atoms with E-state index in [0.29, 0.717) is 12.3 Å². The third-order valence-corrected chi connectivity index (χ3v) is 5.86. The van der Waals surface area contributed by atoms with Gasteiger partial charge in [-0.2, -0.15) is 8.78 Å². The Morgan fingerprint density at radius 2 is 1.46 bits per heavy atom. The van der Waals surface area contributed by atoms with Crippen molar-refractivity contribution in [3.05, 3.63) is 72.4 Å². The summed E-state index contributed by atoms with van der Waals surface area (Å²) < 4.78 is 25.0. The molecule has 1 aliphatic rings. The average molecular weight is 387 g/mol. The molecule has 0 spiro atoms. The van der Waals surface area contributed by atoms with E-state index < -0.39 is 6.08 Å². The maximum atomic E-state index is 12.5. The Balaban J connectivity index is 1.87. The summed E-state index contributed by atoms with van der Waals surface area (Å²) in [5, 5.41) is 0. The molecule has 0 bridgehead atoms. The first-order valence-corrected chi connectivity index (χ1v) is 11.1. The SMILES string of the molecule is CCCCCCCCCCC1(CCC=C(F)F)C=CC(c2ccccc2)C=C1. The molecule has 0 amide bonds. The molecule has 154 valence electrons. The standard InChI is InChI=1S/C26H36F2/c1-2-3-4-5-6-7-8-12-19-26(20-13-16-25(27)28)21-17-24(18-22-26)23-14-10-9-11-15-23/h9-11,14-18,21-22,24H,2-8,12-13,19-20H2,1H3. The maximum Gasteiger partial charge on any atom is 0.266 e. The summed E-state index contributed by atoms with van der Waals surface area (Å²) in [6.45, 7) is 2.25. The lowest BCUT2D eigenvalue weighted by atomic mass is 9.73. The van der Waals surface area contributed by atoms with Gasteiger partial charge in [-0.3, -0.25) is 0 Å². The number of rotatable bonds is 13. The molecule has 0 radical (unpaired) electrons. The minimum atomic E-state index is -1.56. The van der Waals surface area contributed by atoms with Gasteiger partial charge in [0, 0.05) is 11.3 Å². The minimum absolute atomic E-state index is 0.0700.